The summed E-state index contributed by atoms with van der Waals surface area (Å²) in [4.78, 5) is 24.8. The molecule has 0 fully saturated rings. The molecule has 0 bridgehead atoms. The van der Waals surface area contributed by atoms with Crippen LogP contribution >= 0.6 is 0 Å². The van der Waals surface area contributed by atoms with Crippen molar-refractivity contribution < 1.29 is 9.90 Å². The summed E-state index contributed by atoms with van der Waals surface area (Å²) in [5.74, 6) is -0.495. The normalized spacial score (nSPS) is 13.1. The van der Waals surface area contributed by atoms with Crippen molar-refractivity contribution >= 4 is 5.97 Å². The molecule has 21 heavy (non-hydrogen) atoms. The number of hydrogen-bond acceptors (Lipinski definition) is 5. The topological polar surface area (TPSA) is 114 Å². The highest BCUT2D eigenvalue weighted by molar-refractivity contribution is 5.67. The number of carboxylic acids is 1. The maximum Gasteiger partial charge on any atom is 0.305 e. The minimum Gasteiger partial charge on any atom is -0.481 e. The van der Waals surface area contributed by atoms with E-state index in [0.717, 1.165) is 0 Å². The summed E-state index contributed by atoms with van der Waals surface area (Å²) in [5.41, 5.74) is 0.0555. The first-order valence-corrected chi connectivity index (χ1v) is 6.48. The monoisotopic (exact) mass is 291 g/mol. The second kappa shape index (κ2) is 5.47. The Morgan fingerprint density at radius 3 is 2.67 bits per heavy atom. The quantitative estimate of drug-likeness (QED) is 0.871. The van der Waals surface area contributed by atoms with Gasteiger partial charge < -0.3 is 10.1 Å². The van der Waals surface area contributed by atoms with Crippen LogP contribution < -0.4 is 5.56 Å². The Hall–Kier alpha value is -2.51. The molecule has 0 saturated carbocycles. The van der Waals surface area contributed by atoms with Crippen molar-refractivity contribution in [1.29, 1.82) is 0 Å². The Balaban J connectivity index is 2.48. The van der Waals surface area contributed by atoms with E-state index in [1.807, 2.05) is 20.8 Å². The predicted molar refractivity (Wildman–Crippen MR) is 74.6 cm³/mol. The van der Waals surface area contributed by atoms with Crippen molar-refractivity contribution in [2.45, 2.75) is 33.2 Å². The molecular formula is C13H17N5O3. The van der Waals surface area contributed by atoms with Gasteiger partial charge in [0, 0.05) is 17.8 Å². The smallest absolute Gasteiger partial charge is 0.305 e. The lowest BCUT2D eigenvalue weighted by Crippen LogP contribution is -2.28. The fourth-order valence-corrected chi connectivity index (χ4v) is 2.07. The number of carboxylic acid groups (broad SMARTS) is 1. The zero-order valence-corrected chi connectivity index (χ0v) is 12.1. The highest BCUT2D eigenvalue weighted by Crippen LogP contribution is 2.34. The second-order valence-corrected chi connectivity index (χ2v) is 5.87. The summed E-state index contributed by atoms with van der Waals surface area (Å²) < 4.78 is 1.50. The van der Waals surface area contributed by atoms with E-state index in [4.69, 9.17) is 5.11 Å². The molecule has 0 aliphatic rings. The van der Waals surface area contributed by atoms with Crippen molar-refractivity contribution in [1.82, 2.24) is 25.2 Å². The van der Waals surface area contributed by atoms with Crippen molar-refractivity contribution in [3.05, 3.63) is 28.7 Å². The molecular weight excluding hydrogens is 274 g/mol. The summed E-state index contributed by atoms with van der Waals surface area (Å²) in [5, 5.41) is 20.6. The van der Waals surface area contributed by atoms with Crippen LogP contribution in [0.2, 0.25) is 0 Å². The fourth-order valence-electron chi connectivity index (χ4n) is 2.07. The van der Waals surface area contributed by atoms with E-state index in [9.17, 15) is 9.59 Å². The van der Waals surface area contributed by atoms with E-state index >= 15 is 0 Å². The molecule has 0 amide bonds. The van der Waals surface area contributed by atoms with Crippen molar-refractivity contribution in [3.63, 3.8) is 0 Å². The Kier molecular flexibility index (Phi) is 3.88. The molecule has 1 unspecified atom stereocenters. The predicted octanol–water partition coefficient (Wildman–Crippen LogP) is 1.09. The number of aliphatic carboxylic acids is 1. The summed E-state index contributed by atoms with van der Waals surface area (Å²) in [6.45, 7) is 5.79. The van der Waals surface area contributed by atoms with Gasteiger partial charge in [0.05, 0.1) is 12.5 Å². The van der Waals surface area contributed by atoms with Crippen LogP contribution in [0.15, 0.2) is 23.1 Å². The standard InChI is InChI=1S/C13H17N5O3/c1-13(2,3)9(6-11(20)21)18-12(15-16-17-18)8-4-5-10(19)14-7-8/h4-5,7,9H,6H2,1-3H3,(H,14,19)(H,20,21). The number of hydrogen-bond donors (Lipinski definition) is 2. The average molecular weight is 291 g/mol. The lowest BCUT2D eigenvalue weighted by molar-refractivity contribution is -0.138. The van der Waals surface area contributed by atoms with E-state index in [2.05, 4.69) is 20.5 Å². The Morgan fingerprint density at radius 2 is 2.14 bits per heavy atom. The molecule has 0 radical (unpaired) electrons. The van der Waals surface area contributed by atoms with Gasteiger partial charge in [-0.1, -0.05) is 20.8 Å². The third kappa shape index (κ3) is 3.33. The number of nitrogens with zero attached hydrogens (tertiary/aromatic N) is 4. The van der Waals surface area contributed by atoms with Gasteiger partial charge in [0.1, 0.15) is 0 Å². The summed E-state index contributed by atoms with van der Waals surface area (Å²) in [7, 11) is 0. The van der Waals surface area contributed by atoms with Crippen LogP contribution in [0.5, 0.6) is 0 Å². The first kappa shape index (κ1) is 14.9. The number of pyridine rings is 1. The molecule has 2 rings (SSSR count). The molecule has 0 aliphatic heterocycles. The van der Waals surface area contributed by atoms with Crippen LogP contribution in [0.1, 0.15) is 33.2 Å². The number of aromatic nitrogens is 5. The fraction of sp³-hybridized carbons (Fsp3) is 0.462. The maximum absolute atomic E-state index is 11.1. The number of H-pyrrole nitrogens is 1. The molecule has 0 spiro atoms. The van der Waals surface area contributed by atoms with Gasteiger partial charge >= 0.3 is 5.97 Å². The van der Waals surface area contributed by atoms with Crippen LogP contribution in [0.4, 0.5) is 0 Å². The molecule has 2 aromatic rings. The minimum atomic E-state index is -0.919. The van der Waals surface area contributed by atoms with Crippen LogP contribution in [0.3, 0.4) is 0 Å². The van der Waals surface area contributed by atoms with E-state index in [0.29, 0.717) is 11.4 Å². The van der Waals surface area contributed by atoms with E-state index in [1.54, 1.807) is 6.07 Å². The SMILES string of the molecule is CC(C)(C)C(CC(=O)O)n1nnnc1-c1ccc(=O)[nH]c1. The van der Waals surface area contributed by atoms with Crippen LogP contribution in [-0.4, -0.2) is 36.3 Å². The first-order valence-electron chi connectivity index (χ1n) is 6.48. The van der Waals surface area contributed by atoms with Gasteiger partial charge in [-0.25, -0.2) is 4.68 Å². The largest absolute Gasteiger partial charge is 0.481 e. The van der Waals surface area contributed by atoms with E-state index in [1.165, 1.54) is 16.9 Å². The molecule has 0 aliphatic carbocycles. The van der Waals surface area contributed by atoms with Gasteiger partial charge in [0.15, 0.2) is 5.82 Å². The zero-order valence-electron chi connectivity index (χ0n) is 12.1. The first-order chi connectivity index (χ1) is 9.79. The number of aromatic amines is 1. The van der Waals surface area contributed by atoms with Gasteiger partial charge in [-0.15, -0.1) is 5.10 Å². The minimum absolute atomic E-state index is 0.0924. The highest BCUT2D eigenvalue weighted by Gasteiger charge is 2.32. The zero-order chi connectivity index (χ0) is 15.6. The van der Waals surface area contributed by atoms with E-state index < -0.39 is 12.0 Å². The van der Waals surface area contributed by atoms with Crippen molar-refractivity contribution in [2.75, 3.05) is 0 Å². The Morgan fingerprint density at radius 1 is 1.43 bits per heavy atom. The second-order valence-electron chi connectivity index (χ2n) is 5.87. The van der Waals surface area contributed by atoms with Crippen LogP contribution in [-0.2, 0) is 4.79 Å². The molecule has 2 N–H and O–H groups in total. The Bertz CT molecular complexity index is 678. The number of nitrogens with one attached hydrogen (secondary N) is 1. The van der Waals surface area contributed by atoms with Gasteiger partial charge in [0.25, 0.3) is 0 Å². The molecule has 0 saturated heterocycles. The molecule has 112 valence electrons. The average Bonchev–Trinajstić information content (AvgIpc) is 2.84. The van der Waals surface area contributed by atoms with Gasteiger partial charge in [0.2, 0.25) is 5.56 Å². The van der Waals surface area contributed by atoms with Crippen LogP contribution in [0, 0.1) is 5.41 Å². The number of carbonyl (C=O) groups is 1. The lowest BCUT2D eigenvalue weighted by Gasteiger charge is -2.29. The summed E-state index contributed by atoms with van der Waals surface area (Å²) in [6, 6.07) is 2.56. The molecule has 8 heteroatoms. The summed E-state index contributed by atoms with van der Waals surface area (Å²) >= 11 is 0. The maximum atomic E-state index is 11.1. The van der Waals surface area contributed by atoms with Crippen LogP contribution in [0.25, 0.3) is 11.4 Å². The third-order valence-electron chi connectivity index (χ3n) is 3.20. The summed E-state index contributed by atoms with van der Waals surface area (Å²) in [6.07, 6.45) is 1.41. The molecule has 8 nitrogen and oxygen atoms in total. The molecule has 2 aromatic heterocycles. The van der Waals surface area contributed by atoms with Gasteiger partial charge in [-0.3, -0.25) is 9.59 Å². The number of tetrazole rings is 1. The van der Waals surface area contributed by atoms with Crippen molar-refractivity contribution in [3.8, 4) is 11.4 Å². The highest BCUT2D eigenvalue weighted by atomic mass is 16.4. The van der Waals surface area contributed by atoms with Gasteiger partial charge in [-0.05, 0) is 21.9 Å². The third-order valence-corrected chi connectivity index (χ3v) is 3.20. The number of rotatable bonds is 4. The lowest BCUT2D eigenvalue weighted by atomic mass is 9.84. The molecule has 2 heterocycles. The molecule has 1 atom stereocenters. The van der Waals surface area contributed by atoms with Gasteiger partial charge in [-0.2, -0.15) is 0 Å². The Labute approximate surface area is 120 Å². The molecule has 0 aromatic carbocycles. The van der Waals surface area contributed by atoms with Crippen molar-refractivity contribution in [2.24, 2.45) is 5.41 Å². The van der Waals surface area contributed by atoms with E-state index in [-0.39, 0.29) is 17.4 Å².